The molecule has 1 fully saturated rings. The van der Waals surface area contributed by atoms with Crippen LogP contribution in [0, 0.1) is 0 Å². The molecule has 160 valence electrons. The van der Waals surface area contributed by atoms with Crippen LogP contribution in [0.2, 0.25) is 5.02 Å². The van der Waals surface area contributed by atoms with E-state index in [9.17, 15) is 9.59 Å². The Kier molecular flexibility index (Phi) is 7.57. The Labute approximate surface area is 182 Å². The van der Waals surface area contributed by atoms with E-state index in [2.05, 4.69) is 5.32 Å². The number of nitrogens with zero attached hydrogens (tertiary/aromatic N) is 1. The summed E-state index contributed by atoms with van der Waals surface area (Å²) in [4.78, 5) is 27.0. The lowest BCUT2D eigenvalue weighted by Gasteiger charge is -2.32. The molecular weight excluding hydrogens is 404 g/mol. The van der Waals surface area contributed by atoms with Gasteiger partial charge in [-0.2, -0.15) is 0 Å². The molecule has 7 heteroatoms. The van der Waals surface area contributed by atoms with Crippen molar-refractivity contribution in [2.75, 3.05) is 27.3 Å². The number of hydrogen-bond acceptors (Lipinski definition) is 4. The lowest BCUT2D eigenvalue weighted by Crippen LogP contribution is -2.46. The second-order valence-corrected chi connectivity index (χ2v) is 7.80. The van der Waals surface area contributed by atoms with E-state index in [0.717, 1.165) is 18.4 Å². The van der Waals surface area contributed by atoms with Gasteiger partial charge in [-0.05, 0) is 49.1 Å². The fourth-order valence-corrected chi connectivity index (χ4v) is 3.68. The largest absolute Gasteiger partial charge is 0.497 e. The van der Waals surface area contributed by atoms with Crippen molar-refractivity contribution in [1.82, 2.24) is 10.2 Å². The number of carbonyl (C=O) groups excluding carboxylic acids is 2. The fourth-order valence-electron chi connectivity index (χ4n) is 3.55. The number of ether oxygens (including phenoxy) is 2. The van der Waals surface area contributed by atoms with E-state index in [1.165, 1.54) is 0 Å². The van der Waals surface area contributed by atoms with Crippen LogP contribution in [0.15, 0.2) is 42.5 Å². The molecule has 0 spiro atoms. The van der Waals surface area contributed by atoms with E-state index in [1.807, 2.05) is 29.2 Å². The van der Waals surface area contributed by atoms with Crippen LogP contribution in [0.4, 0.5) is 0 Å². The zero-order valence-corrected chi connectivity index (χ0v) is 18.1. The molecule has 0 aromatic heterocycles. The Bertz CT molecular complexity index is 855. The summed E-state index contributed by atoms with van der Waals surface area (Å²) in [5.41, 5.74) is 1.63. The highest BCUT2D eigenvalue weighted by molar-refractivity contribution is 6.30. The van der Waals surface area contributed by atoms with E-state index < -0.39 is 0 Å². The number of aryl methyl sites for hydroxylation is 1. The van der Waals surface area contributed by atoms with E-state index in [4.69, 9.17) is 21.1 Å². The van der Waals surface area contributed by atoms with Crippen molar-refractivity contribution in [2.24, 2.45) is 0 Å². The Hall–Kier alpha value is -2.73. The highest BCUT2D eigenvalue weighted by Gasteiger charge is 2.25. The minimum absolute atomic E-state index is 0.0345. The molecule has 2 aromatic rings. The van der Waals surface area contributed by atoms with Gasteiger partial charge in [0.05, 0.1) is 14.2 Å². The minimum Gasteiger partial charge on any atom is -0.497 e. The standard InChI is InChI=1S/C23H27ClN2O4/c1-29-20-13-17(14-21(15-20)30-2)23(28)26-11-9-19(10-12-26)25-22(27)8-5-16-3-6-18(24)7-4-16/h3-4,6-7,13-15,19H,5,8-12H2,1-2H3,(H,25,27). The molecule has 0 bridgehead atoms. The Morgan fingerprint density at radius 1 is 1.03 bits per heavy atom. The number of methoxy groups -OCH3 is 2. The molecule has 0 unspecified atom stereocenters. The first-order valence-corrected chi connectivity index (χ1v) is 10.4. The number of likely N-dealkylation sites (tertiary alicyclic amines) is 1. The van der Waals surface area contributed by atoms with Crippen LogP contribution >= 0.6 is 11.6 Å². The molecule has 6 nitrogen and oxygen atoms in total. The number of carbonyl (C=O) groups is 2. The van der Waals surface area contributed by atoms with Crippen LogP contribution in [-0.4, -0.2) is 50.1 Å². The first-order valence-electron chi connectivity index (χ1n) is 10.0. The third kappa shape index (κ3) is 5.89. The molecule has 2 amide bonds. The van der Waals surface area contributed by atoms with Gasteiger partial charge in [-0.3, -0.25) is 9.59 Å². The van der Waals surface area contributed by atoms with Crippen LogP contribution in [0.3, 0.4) is 0 Å². The number of nitrogens with one attached hydrogen (secondary N) is 1. The summed E-state index contributed by atoms with van der Waals surface area (Å²) < 4.78 is 10.5. The van der Waals surface area contributed by atoms with Gasteiger partial charge in [0.25, 0.3) is 5.91 Å². The topological polar surface area (TPSA) is 67.9 Å². The molecule has 3 rings (SSSR count). The first-order chi connectivity index (χ1) is 14.5. The van der Waals surface area contributed by atoms with Crippen molar-refractivity contribution < 1.29 is 19.1 Å². The van der Waals surface area contributed by atoms with Gasteiger partial charge >= 0.3 is 0 Å². The van der Waals surface area contributed by atoms with E-state index in [-0.39, 0.29) is 17.9 Å². The van der Waals surface area contributed by atoms with Crippen LogP contribution in [0.25, 0.3) is 0 Å². The lowest BCUT2D eigenvalue weighted by molar-refractivity contribution is -0.122. The molecule has 0 radical (unpaired) electrons. The minimum atomic E-state index is -0.0558. The van der Waals surface area contributed by atoms with Gasteiger partial charge in [-0.1, -0.05) is 23.7 Å². The second-order valence-electron chi connectivity index (χ2n) is 7.36. The van der Waals surface area contributed by atoms with Crippen molar-refractivity contribution in [3.63, 3.8) is 0 Å². The summed E-state index contributed by atoms with van der Waals surface area (Å²) in [6, 6.07) is 12.8. The van der Waals surface area contributed by atoms with Crippen LogP contribution < -0.4 is 14.8 Å². The summed E-state index contributed by atoms with van der Waals surface area (Å²) in [5, 5.41) is 3.78. The maximum Gasteiger partial charge on any atom is 0.254 e. The monoisotopic (exact) mass is 430 g/mol. The number of halogens is 1. The molecule has 0 saturated carbocycles. The number of amides is 2. The van der Waals surface area contributed by atoms with Crippen LogP contribution in [-0.2, 0) is 11.2 Å². The average Bonchev–Trinajstić information content (AvgIpc) is 2.78. The maximum atomic E-state index is 12.9. The summed E-state index contributed by atoms with van der Waals surface area (Å²) in [7, 11) is 3.12. The van der Waals surface area contributed by atoms with Crippen molar-refractivity contribution in [3.8, 4) is 11.5 Å². The van der Waals surface area contributed by atoms with E-state index in [1.54, 1.807) is 32.4 Å². The van der Waals surface area contributed by atoms with Crippen molar-refractivity contribution in [2.45, 2.75) is 31.7 Å². The predicted octanol–water partition coefficient (Wildman–Crippen LogP) is 3.71. The molecule has 1 heterocycles. The SMILES string of the molecule is COc1cc(OC)cc(C(=O)N2CCC(NC(=O)CCc3ccc(Cl)cc3)CC2)c1. The number of piperidine rings is 1. The van der Waals surface area contributed by atoms with E-state index >= 15 is 0 Å². The molecule has 1 aliphatic rings. The highest BCUT2D eigenvalue weighted by atomic mass is 35.5. The maximum absolute atomic E-state index is 12.9. The lowest BCUT2D eigenvalue weighted by atomic mass is 10.0. The molecule has 1 aliphatic heterocycles. The number of hydrogen-bond donors (Lipinski definition) is 1. The average molecular weight is 431 g/mol. The Morgan fingerprint density at radius 3 is 2.20 bits per heavy atom. The van der Waals surface area contributed by atoms with Crippen molar-refractivity contribution in [3.05, 3.63) is 58.6 Å². The first kappa shape index (κ1) is 22.0. The smallest absolute Gasteiger partial charge is 0.254 e. The van der Waals surface area contributed by atoms with E-state index in [0.29, 0.717) is 48.0 Å². The van der Waals surface area contributed by atoms with Gasteiger partial charge in [0.2, 0.25) is 5.91 Å². The van der Waals surface area contributed by atoms with Gasteiger partial charge in [-0.25, -0.2) is 0 Å². The molecule has 2 aromatic carbocycles. The molecular formula is C23H27ClN2O4. The molecule has 30 heavy (non-hydrogen) atoms. The fraction of sp³-hybridized carbons (Fsp3) is 0.391. The number of rotatable bonds is 7. The molecule has 1 N–H and O–H groups in total. The zero-order valence-electron chi connectivity index (χ0n) is 17.3. The quantitative estimate of drug-likeness (QED) is 0.727. The van der Waals surface area contributed by atoms with Gasteiger partial charge in [-0.15, -0.1) is 0 Å². The normalized spacial score (nSPS) is 14.3. The summed E-state index contributed by atoms with van der Waals surface area (Å²) in [6.07, 6.45) is 2.58. The predicted molar refractivity (Wildman–Crippen MR) is 116 cm³/mol. The third-order valence-electron chi connectivity index (χ3n) is 5.30. The van der Waals surface area contributed by atoms with Gasteiger partial charge in [0.15, 0.2) is 0 Å². The summed E-state index contributed by atoms with van der Waals surface area (Å²) in [5.74, 6) is 1.15. The third-order valence-corrected chi connectivity index (χ3v) is 5.55. The zero-order chi connectivity index (χ0) is 21.5. The summed E-state index contributed by atoms with van der Waals surface area (Å²) in [6.45, 7) is 1.20. The molecule has 0 aliphatic carbocycles. The molecule has 0 atom stereocenters. The number of benzene rings is 2. The van der Waals surface area contributed by atoms with Crippen LogP contribution in [0.5, 0.6) is 11.5 Å². The Balaban J connectivity index is 1.47. The highest BCUT2D eigenvalue weighted by Crippen LogP contribution is 2.24. The van der Waals surface area contributed by atoms with Crippen molar-refractivity contribution in [1.29, 1.82) is 0 Å². The molecule has 1 saturated heterocycles. The summed E-state index contributed by atoms with van der Waals surface area (Å²) >= 11 is 5.89. The van der Waals surface area contributed by atoms with Crippen LogP contribution in [0.1, 0.15) is 35.2 Å². The Morgan fingerprint density at radius 2 is 1.63 bits per heavy atom. The van der Waals surface area contributed by atoms with Crippen molar-refractivity contribution >= 4 is 23.4 Å². The van der Waals surface area contributed by atoms with Gasteiger partial charge in [0.1, 0.15) is 11.5 Å². The second kappa shape index (κ2) is 10.3. The van der Waals surface area contributed by atoms with Gasteiger partial charge in [0, 0.05) is 42.2 Å². The van der Waals surface area contributed by atoms with Gasteiger partial charge < -0.3 is 19.7 Å².